The summed E-state index contributed by atoms with van der Waals surface area (Å²) in [5.41, 5.74) is 7.94. The molecule has 6 nitrogen and oxygen atoms in total. The number of hydrogen-bond donors (Lipinski definition) is 4. The highest BCUT2D eigenvalue weighted by molar-refractivity contribution is 7.99. The molecular formula is C22H31N3O3S. The number of aliphatic hydroxyl groups is 1. The monoisotopic (exact) mass is 417 g/mol. The molecule has 0 aromatic heterocycles. The summed E-state index contributed by atoms with van der Waals surface area (Å²) >= 11 is 1.73. The van der Waals surface area contributed by atoms with Crippen molar-refractivity contribution >= 4 is 23.5 Å². The van der Waals surface area contributed by atoms with Crippen LogP contribution in [0, 0.1) is 11.3 Å². The molecule has 2 rings (SSSR count). The third-order valence-corrected chi connectivity index (χ3v) is 6.30. The molecule has 4 atom stereocenters. The molecule has 6 N–H and O–H groups in total. The average Bonchev–Trinajstić information content (AvgIpc) is 2.72. The second-order valence-electron chi connectivity index (χ2n) is 7.61. The van der Waals surface area contributed by atoms with Crippen molar-refractivity contribution in [3.8, 4) is 0 Å². The Balaban J connectivity index is 2.33. The molecule has 1 aromatic carbocycles. The van der Waals surface area contributed by atoms with E-state index in [1.165, 1.54) is 0 Å². The van der Waals surface area contributed by atoms with Crippen LogP contribution in [0.3, 0.4) is 0 Å². The minimum atomic E-state index is -1.38. The molecule has 1 aromatic rings. The summed E-state index contributed by atoms with van der Waals surface area (Å²) in [5.74, 6) is 4.36. The summed E-state index contributed by atoms with van der Waals surface area (Å²) in [6, 6.07) is 8.71. The van der Waals surface area contributed by atoms with Gasteiger partial charge >= 0.3 is 0 Å². The molecule has 29 heavy (non-hydrogen) atoms. The fourth-order valence-electron chi connectivity index (χ4n) is 3.58. The Labute approximate surface area is 176 Å². The highest BCUT2D eigenvalue weighted by atomic mass is 32.2. The van der Waals surface area contributed by atoms with Crippen molar-refractivity contribution < 1.29 is 14.7 Å². The van der Waals surface area contributed by atoms with Crippen molar-refractivity contribution in [2.45, 2.75) is 44.1 Å². The molecule has 1 aliphatic carbocycles. The number of benzene rings is 1. The minimum Gasteiger partial charge on any atom is -0.384 e. The zero-order valence-electron chi connectivity index (χ0n) is 17.0. The fourth-order valence-corrected chi connectivity index (χ4v) is 4.46. The van der Waals surface area contributed by atoms with E-state index in [0.717, 1.165) is 11.3 Å². The molecule has 0 saturated heterocycles. The molecule has 0 radical (unpaired) electrons. The highest BCUT2D eigenvalue weighted by Crippen LogP contribution is 2.40. The van der Waals surface area contributed by atoms with Gasteiger partial charge in [-0.25, -0.2) is 5.84 Å². The zero-order chi connectivity index (χ0) is 21.4. The van der Waals surface area contributed by atoms with Crippen LogP contribution in [0.15, 0.2) is 54.6 Å². The number of aliphatic hydroxyl groups excluding tert-OH is 1. The molecule has 1 amide bonds. The molecule has 0 saturated carbocycles. The molecule has 0 heterocycles. The van der Waals surface area contributed by atoms with Gasteiger partial charge in [0.05, 0.1) is 11.3 Å². The maximum absolute atomic E-state index is 13.6. The van der Waals surface area contributed by atoms with E-state index in [0.29, 0.717) is 11.7 Å². The number of nitrogens with one attached hydrogen (secondary N) is 1. The van der Waals surface area contributed by atoms with Crippen LogP contribution in [0.4, 0.5) is 0 Å². The van der Waals surface area contributed by atoms with Crippen molar-refractivity contribution in [1.29, 1.82) is 0 Å². The summed E-state index contributed by atoms with van der Waals surface area (Å²) in [4.78, 5) is 26.1. The van der Waals surface area contributed by atoms with E-state index >= 15 is 0 Å². The lowest BCUT2D eigenvalue weighted by atomic mass is 9.64. The van der Waals surface area contributed by atoms with Gasteiger partial charge in [-0.1, -0.05) is 68.5 Å². The van der Waals surface area contributed by atoms with Crippen LogP contribution in [0.25, 0.3) is 0 Å². The van der Waals surface area contributed by atoms with Crippen LogP contribution in [-0.4, -0.2) is 39.9 Å². The van der Waals surface area contributed by atoms with E-state index in [1.54, 1.807) is 36.1 Å². The molecule has 7 heteroatoms. The first-order chi connectivity index (χ1) is 13.8. The van der Waals surface area contributed by atoms with Crippen LogP contribution in [0.5, 0.6) is 0 Å². The Morgan fingerprint density at radius 1 is 1.24 bits per heavy atom. The van der Waals surface area contributed by atoms with E-state index in [-0.39, 0.29) is 6.42 Å². The third kappa shape index (κ3) is 5.79. The van der Waals surface area contributed by atoms with Gasteiger partial charge in [0.15, 0.2) is 5.78 Å². The normalized spacial score (nSPS) is 23.0. The highest BCUT2D eigenvalue weighted by Gasteiger charge is 2.49. The molecule has 1 aliphatic rings. The summed E-state index contributed by atoms with van der Waals surface area (Å²) in [6.45, 7) is 4.17. The van der Waals surface area contributed by atoms with E-state index in [1.807, 2.05) is 30.3 Å². The van der Waals surface area contributed by atoms with E-state index in [9.17, 15) is 14.7 Å². The lowest BCUT2D eigenvalue weighted by molar-refractivity contribution is -0.142. The van der Waals surface area contributed by atoms with Gasteiger partial charge in [0.25, 0.3) is 0 Å². The number of hydrogen-bond acceptors (Lipinski definition) is 6. The van der Waals surface area contributed by atoms with Crippen LogP contribution in [0.2, 0.25) is 0 Å². The minimum absolute atomic E-state index is 0.260. The first-order valence-electron chi connectivity index (χ1n) is 9.81. The van der Waals surface area contributed by atoms with E-state index in [2.05, 4.69) is 19.3 Å². The van der Waals surface area contributed by atoms with Gasteiger partial charge in [0.2, 0.25) is 5.91 Å². The van der Waals surface area contributed by atoms with Crippen molar-refractivity contribution in [1.82, 2.24) is 5.43 Å². The Kier molecular flexibility index (Phi) is 8.64. The quantitative estimate of drug-likeness (QED) is 0.262. The number of carbonyl (C=O) groups excluding carboxylic acids is 2. The number of rotatable bonds is 10. The Morgan fingerprint density at radius 2 is 1.93 bits per heavy atom. The topological polar surface area (TPSA) is 118 Å². The number of carbonyl (C=O) groups is 2. The first-order valence-corrected chi connectivity index (χ1v) is 10.9. The zero-order valence-corrected chi connectivity index (χ0v) is 17.8. The molecule has 0 fully saturated rings. The number of ketones is 1. The molecule has 158 valence electrons. The molecule has 3 unspecified atom stereocenters. The Hall–Kier alpha value is -1.93. The second kappa shape index (κ2) is 10.7. The van der Waals surface area contributed by atoms with E-state index in [4.69, 9.17) is 11.6 Å². The van der Waals surface area contributed by atoms with Crippen molar-refractivity contribution in [2.24, 2.45) is 22.9 Å². The Bertz CT molecular complexity index is 751. The maximum atomic E-state index is 13.6. The van der Waals surface area contributed by atoms with Gasteiger partial charge in [-0.2, -0.15) is 11.8 Å². The van der Waals surface area contributed by atoms with Crippen molar-refractivity contribution in [3.05, 3.63) is 60.2 Å². The van der Waals surface area contributed by atoms with Crippen molar-refractivity contribution in [3.63, 3.8) is 0 Å². The number of hydrazine groups is 1. The number of Topliss-reactive ketones (excluding diaryl/α,β-unsaturated/α-hetero) is 1. The predicted molar refractivity (Wildman–Crippen MR) is 118 cm³/mol. The Morgan fingerprint density at radius 3 is 2.55 bits per heavy atom. The number of amides is 1. The summed E-state index contributed by atoms with van der Waals surface area (Å²) in [7, 11) is 0. The summed E-state index contributed by atoms with van der Waals surface area (Å²) < 4.78 is 0. The van der Waals surface area contributed by atoms with Gasteiger partial charge < -0.3 is 10.8 Å². The number of thioether (sulfide) groups is 1. The van der Waals surface area contributed by atoms with Crippen LogP contribution in [0.1, 0.15) is 25.8 Å². The van der Waals surface area contributed by atoms with Crippen LogP contribution in [-0.2, 0) is 16.0 Å². The lowest BCUT2D eigenvalue weighted by Crippen LogP contribution is -2.55. The summed E-state index contributed by atoms with van der Waals surface area (Å²) in [6.07, 6.45) is 6.17. The van der Waals surface area contributed by atoms with Crippen LogP contribution < -0.4 is 17.0 Å². The molecule has 0 bridgehead atoms. The largest absolute Gasteiger partial charge is 0.384 e. The third-order valence-electron chi connectivity index (χ3n) is 5.16. The summed E-state index contributed by atoms with van der Waals surface area (Å²) in [5, 5.41) is 11.3. The number of allylic oxidation sites excluding steroid dienone is 3. The number of nitrogens with two attached hydrogens (primary N) is 2. The smallest absolute Gasteiger partial charge is 0.242 e. The van der Waals surface area contributed by atoms with Crippen molar-refractivity contribution in [2.75, 3.05) is 5.75 Å². The maximum Gasteiger partial charge on any atom is 0.242 e. The average molecular weight is 418 g/mol. The van der Waals surface area contributed by atoms with Crippen LogP contribution >= 0.6 is 11.8 Å². The van der Waals surface area contributed by atoms with Gasteiger partial charge in [-0.05, 0) is 29.4 Å². The molecule has 0 aliphatic heterocycles. The fraction of sp³-hybridized carbons (Fsp3) is 0.455. The van der Waals surface area contributed by atoms with Gasteiger partial charge in [0, 0.05) is 6.04 Å². The SMILES string of the molecule is CC(C)SCC[C@@H](N)C(O)C(=O)C1(Cc2ccccc2)C=CC=CC1C(=O)NN. The van der Waals surface area contributed by atoms with Gasteiger partial charge in [-0.15, -0.1) is 0 Å². The predicted octanol–water partition coefficient (Wildman–Crippen LogP) is 1.74. The standard InChI is InChI=1S/C22H31N3O3S/c1-15(2)29-13-11-18(23)19(26)20(27)22(14-16-8-4-3-5-9-16)12-7-6-10-17(22)21(28)25-24/h3-10,12,15,17-19,26H,11,13-14,23-24H2,1-2H3,(H,25,28)/t17?,18-,19?,22?/m1/s1. The lowest BCUT2D eigenvalue weighted by Gasteiger charge is -2.38. The first kappa shape index (κ1) is 23.3. The molecule has 0 spiro atoms. The second-order valence-corrected chi connectivity index (χ2v) is 9.30. The van der Waals surface area contributed by atoms with Gasteiger partial charge in [0.1, 0.15) is 6.10 Å². The van der Waals surface area contributed by atoms with Gasteiger partial charge in [-0.3, -0.25) is 15.0 Å². The molecular weight excluding hydrogens is 386 g/mol. The van der Waals surface area contributed by atoms with E-state index < -0.39 is 35.2 Å².